The first-order valence-electron chi connectivity index (χ1n) is 10.4. The number of hydrogen-bond donors (Lipinski definition) is 2. The Morgan fingerprint density at radius 2 is 1.33 bits per heavy atom. The SMILES string of the molecule is FC(F)(F)c1cc(NC2CCC(Nc3ccnc4cc(Cl)ccc34)CC2)cc(C(F)(F)F)c1. The zero-order valence-corrected chi connectivity index (χ0v) is 18.0. The van der Waals surface area contributed by atoms with Gasteiger partial charge in [-0.3, -0.25) is 4.98 Å². The summed E-state index contributed by atoms with van der Waals surface area (Å²) < 4.78 is 78.5. The van der Waals surface area contributed by atoms with Crippen molar-refractivity contribution in [3.05, 3.63) is 64.8 Å². The third-order valence-electron chi connectivity index (χ3n) is 5.75. The molecule has 2 aromatic carbocycles. The Hall–Kier alpha value is -2.68. The number of fused-ring (bicyclic) bond motifs is 1. The lowest BCUT2D eigenvalue weighted by Crippen LogP contribution is -2.32. The van der Waals surface area contributed by atoms with Crippen LogP contribution in [0.5, 0.6) is 0 Å². The molecule has 0 atom stereocenters. The lowest BCUT2D eigenvalue weighted by Gasteiger charge is -2.31. The van der Waals surface area contributed by atoms with E-state index in [1.54, 1.807) is 18.3 Å². The van der Waals surface area contributed by atoms with Crippen LogP contribution in [0.25, 0.3) is 10.9 Å². The van der Waals surface area contributed by atoms with E-state index in [4.69, 9.17) is 11.6 Å². The Bertz CT molecular complexity index is 1100. The van der Waals surface area contributed by atoms with Crippen LogP contribution < -0.4 is 10.6 Å². The van der Waals surface area contributed by atoms with Crippen LogP contribution in [-0.4, -0.2) is 17.1 Å². The van der Waals surface area contributed by atoms with Gasteiger partial charge in [-0.2, -0.15) is 26.3 Å². The zero-order valence-electron chi connectivity index (χ0n) is 17.2. The van der Waals surface area contributed by atoms with Gasteiger partial charge in [-0.25, -0.2) is 0 Å². The molecule has 0 aliphatic heterocycles. The Morgan fingerprint density at radius 3 is 1.91 bits per heavy atom. The van der Waals surface area contributed by atoms with Gasteiger partial charge >= 0.3 is 12.4 Å². The zero-order chi connectivity index (χ0) is 23.8. The van der Waals surface area contributed by atoms with Crippen molar-refractivity contribution in [3.63, 3.8) is 0 Å². The lowest BCUT2D eigenvalue weighted by molar-refractivity contribution is -0.143. The van der Waals surface area contributed by atoms with E-state index in [0.717, 1.165) is 28.7 Å². The molecule has 176 valence electrons. The molecule has 3 nitrogen and oxygen atoms in total. The number of nitrogens with zero attached hydrogens (tertiary/aromatic N) is 1. The summed E-state index contributed by atoms with van der Waals surface area (Å²) in [5, 5.41) is 7.86. The topological polar surface area (TPSA) is 37.0 Å². The van der Waals surface area contributed by atoms with Crippen LogP contribution in [0, 0.1) is 0 Å². The summed E-state index contributed by atoms with van der Waals surface area (Å²) >= 11 is 6.02. The fourth-order valence-electron chi connectivity index (χ4n) is 4.12. The lowest BCUT2D eigenvalue weighted by atomic mass is 9.90. The maximum absolute atomic E-state index is 13.1. The van der Waals surface area contributed by atoms with Crippen molar-refractivity contribution < 1.29 is 26.3 Å². The quantitative estimate of drug-likeness (QED) is 0.369. The van der Waals surface area contributed by atoms with E-state index >= 15 is 0 Å². The molecular formula is C23H20ClF6N3. The van der Waals surface area contributed by atoms with Gasteiger partial charge in [-0.15, -0.1) is 0 Å². The highest BCUT2D eigenvalue weighted by atomic mass is 35.5. The summed E-state index contributed by atoms with van der Waals surface area (Å²) in [5.74, 6) is 0. The first-order chi connectivity index (χ1) is 15.5. The van der Waals surface area contributed by atoms with Crippen molar-refractivity contribution in [3.8, 4) is 0 Å². The molecule has 0 bridgehead atoms. The van der Waals surface area contributed by atoms with E-state index in [1.807, 2.05) is 12.1 Å². The van der Waals surface area contributed by atoms with Crippen LogP contribution in [0.15, 0.2) is 48.7 Å². The first kappa shape index (κ1) is 23.5. The average Bonchev–Trinajstić information content (AvgIpc) is 2.73. The molecule has 1 aliphatic rings. The van der Waals surface area contributed by atoms with Crippen molar-refractivity contribution in [2.24, 2.45) is 0 Å². The highest BCUT2D eigenvalue weighted by molar-refractivity contribution is 6.31. The number of benzene rings is 2. The molecule has 1 heterocycles. The highest BCUT2D eigenvalue weighted by Gasteiger charge is 2.37. The molecule has 1 aliphatic carbocycles. The second kappa shape index (κ2) is 8.93. The number of alkyl halides is 6. The van der Waals surface area contributed by atoms with Gasteiger partial charge in [0.15, 0.2) is 0 Å². The molecule has 1 fully saturated rings. The molecule has 0 spiro atoms. The van der Waals surface area contributed by atoms with Crippen molar-refractivity contribution >= 4 is 33.9 Å². The Balaban J connectivity index is 1.43. The van der Waals surface area contributed by atoms with Crippen LogP contribution in [0.1, 0.15) is 36.8 Å². The predicted octanol–water partition coefficient (Wildman–Crippen LogP) is 7.76. The van der Waals surface area contributed by atoms with Gasteiger partial charge in [-0.1, -0.05) is 11.6 Å². The summed E-state index contributed by atoms with van der Waals surface area (Å²) in [6.07, 6.45) is -5.43. The Morgan fingerprint density at radius 1 is 0.758 bits per heavy atom. The van der Waals surface area contributed by atoms with Crippen LogP contribution in [0.2, 0.25) is 5.02 Å². The maximum Gasteiger partial charge on any atom is 0.416 e. The second-order valence-electron chi connectivity index (χ2n) is 8.15. The predicted molar refractivity (Wildman–Crippen MR) is 116 cm³/mol. The molecule has 2 N–H and O–H groups in total. The molecule has 3 aromatic rings. The summed E-state index contributed by atoms with van der Waals surface area (Å²) in [6.45, 7) is 0. The van der Waals surface area contributed by atoms with Crippen LogP contribution in [0.3, 0.4) is 0 Å². The van der Waals surface area contributed by atoms with Crippen LogP contribution >= 0.6 is 11.6 Å². The minimum absolute atomic E-state index is 0.122. The standard InChI is InChI=1S/C23H20ClF6N3/c24-15-1-6-19-20(7-8-31-21(19)12-15)33-17-4-2-16(3-5-17)32-18-10-13(22(25,26)27)9-14(11-18)23(28,29)30/h1,6-12,16-17,32H,2-5H2,(H,31,33). The van der Waals surface area contributed by atoms with Crippen molar-refractivity contribution in [1.82, 2.24) is 4.98 Å². The van der Waals surface area contributed by atoms with E-state index in [0.29, 0.717) is 30.7 Å². The molecular weight excluding hydrogens is 468 g/mol. The second-order valence-corrected chi connectivity index (χ2v) is 8.59. The van der Waals surface area contributed by atoms with Gasteiger partial charge in [0.05, 0.1) is 16.6 Å². The fraction of sp³-hybridized carbons (Fsp3) is 0.348. The molecule has 0 amide bonds. The molecule has 1 aromatic heterocycles. The summed E-state index contributed by atoms with van der Waals surface area (Å²) in [5.41, 5.74) is -1.15. The number of nitrogens with one attached hydrogen (secondary N) is 2. The van der Waals surface area contributed by atoms with Gasteiger partial charge < -0.3 is 10.6 Å². The number of anilines is 2. The largest absolute Gasteiger partial charge is 0.416 e. The fourth-order valence-corrected chi connectivity index (χ4v) is 4.29. The average molecular weight is 488 g/mol. The van der Waals surface area contributed by atoms with Crippen molar-refractivity contribution in [2.75, 3.05) is 10.6 Å². The third-order valence-corrected chi connectivity index (χ3v) is 5.99. The molecule has 33 heavy (non-hydrogen) atoms. The van der Waals surface area contributed by atoms with Crippen molar-refractivity contribution in [2.45, 2.75) is 50.1 Å². The van der Waals surface area contributed by atoms with Gasteiger partial charge in [0.2, 0.25) is 0 Å². The number of halogens is 7. The molecule has 4 rings (SSSR count). The smallest absolute Gasteiger partial charge is 0.382 e. The number of rotatable bonds is 4. The van der Waals surface area contributed by atoms with E-state index in [1.165, 1.54) is 0 Å². The van der Waals surface area contributed by atoms with E-state index < -0.39 is 23.5 Å². The first-order valence-corrected chi connectivity index (χ1v) is 10.7. The summed E-state index contributed by atoms with van der Waals surface area (Å²) in [7, 11) is 0. The Labute approximate surface area is 191 Å². The van der Waals surface area contributed by atoms with E-state index in [9.17, 15) is 26.3 Å². The molecule has 10 heteroatoms. The molecule has 0 radical (unpaired) electrons. The van der Waals surface area contributed by atoms with Gasteiger partial charge in [0.1, 0.15) is 0 Å². The number of pyridine rings is 1. The molecule has 0 unspecified atom stereocenters. The highest BCUT2D eigenvalue weighted by Crippen LogP contribution is 2.38. The van der Waals surface area contributed by atoms with E-state index in [2.05, 4.69) is 15.6 Å². The minimum atomic E-state index is -4.86. The number of hydrogen-bond acceptors (Lipinski definition) is 3. The monoisotopic (exact) mass is 487 g/mol. The van der Waals surface area contributed by atoms with Gasteiger partial charge in [0, 0.05) is 40.1 Å². The molecule has 0 saturated heterocycles. The molecule has 1 saturated carbocycles. The normalized spacial score (nSPS) is 19.5. The van der Waals surface area contributed by atoms with Gasteiger partial charge in [0.25, 0.3) is 0 Å². The van der Waals surface area contributed by atoms with E-state index in [-0.39, 0.29) is 23.8 Å². The summed E-state index contributed by atoms with van der Waals surface area (Å²) in [6, 6.07) is 8.79. The third kappa shape index (κ3) is 5.63. The summed E-state index contributed by atoms with van der Waals surface area (Å²) in [4.78, 5) is 4.31. The minimum Gasteiger partial charge on any atom is -0.382 e. The van der Waals surface area contributed by atoms with Crippen LogP contribution in [0.4, 0.5) is 37.7 Å². The van der Waals surface area contributed by atoms with Crippen molar-refractivity contribution in [1.29, 1.82) is 0 Å². The Kier molecular flexibility index (Phi) is 6.35. The number of aromatic nitrogens is 1. The van der Waals surface area contributed by atoms with Gasteiger partial charge in [-0.05, 0) is 68.1 Å². The van der Waals surface area contributed by atoms with Crippen LogP contribution in [-0.2, 0) is 12.4 Å². The maximum atomic E-state index is 13.1.